The Morgan fingerprint density at radius 2 is 1.95 bits per heavy atom. The number of carboxylic acid groups (broad SMARTS) is 1. The Labute approximate surface area is 124 Å². The van der Waals surface area contributed by atoms with Crippen molar-refractivity contribution >= 4 is 12.1 Å². The van der Waals surface area contributed by atoms with Gasteiger partial charge in [-0.15, -0.1) is 0 Å². The molecule has 0 unspecified atom stereocenters. The predicted molar refractivity (Wildman–Crippen MR) is 73.8 cm³/mol. The number of alkyl halides is 1. The molecule has 0 aromatic rings. The number of carbonyl (C=O) groups excluding carboxylic acids is 1. The second-order valence-electron chi connectivity index (χ2n) is 6.36. The van der Waals surface area contributed by atoms with E-state index in [0.717, 1.165) is 0 Å². The summed E-state index contributed by atoms with van der Waals surface area (Å²) in [5.41, 5.74) is -0.697. The first kappa shape index (κ1) is 17.7. The Morgan fingerprint density at radius 1 is 1.38 bits per heavy atom. The van der Waals surface area contributed by atoms with Crippen LogP contribution in [0.25, 0.3) is 0 Å². The van der Waals surface area contributed by atoms with Crippen LogP contribution in [0.2, 0.25) is 0 Å². The van der Waals surface area contributed by atoms with E-state index in [1.807, 2.05) is 0 Å². The predicted octanol–water partition coefficient (Wildman–Crippen LogP) is 2.07. The molecule has 1 aliphatic heterocycles. The largest absolute Gasteiger partial charge is 0.481 e. The van der Waals surface area contributed by atoms with E-state index in [1.54, 1.807) is 20.8 Å². The van der Waals surface area contributed by atoms with Crippen LogP contribution in [0.3, 0.4) is 0 Å². The fourth-order valence-corrected chi connectivity index (χ4v) is 2.49. The normalized spacial score (nSPS) is 25.5. The maximum Gasteiger partial charge on any atom is 0.410 e. The molecular weight excluding hydrogens is 281 g/mol. The summed E-state index contributed by atoms with van der Waals surface area (Å²) in [5.74, 6) is -1.90. The smallest absolute Gasteiger partial charge is 0.410 e. The highest BCUT2D eigenvalue weighted by Crippen LogP contribution is 2.29. The third-order valence-electron chi connectivity index (χ3n) is 3.45. The van der Waals surface area contributed by atoms with Gasteiger partial charge in [-0.3, -0.25) is 9.69 Å². The van der Waals surface area contributed by atoms with Crippen molar-refractivity contribution in [3.05, 3.63) is 0 Å². The first-order valence-corrected chi connectivity index (χ1v) is 6.96. The Kier molecular flexibility index (Phi) is 5.55. The van der Waals surface area contributed by atoms with Crippen LogP contribution in [0.15, 0.2) is 0 Å². The lowest BCUT2D eigenvalue weighted by Gasteiger charge is -2.33. The van der Waals surface area contributed by atoms with E-state index in [9.17, 15) is 14.0 Å². The van der Waals surface area contributed by atoms with Gasteiger partial charge in [-0.1, -0.05) is 0 Å². The number of amides is 1. The number of hydrogen-bond donors (Lipinski definition) is 1. The number of aliphatic carboxylic acids is 1. The fourth-order valence-electron chi connectivity index (χ4n) is 2.49. The second kappa shape index (κ2) is 6.60. The van der Waals surface area contributed by atoms with Crippen LogP contribution in [0.4, 0.5) is 9.18 Å². The molecule has 1 heterocycles. The number of carbonyl (C=O) groups is 2. The monoisotopic (exact) mass is 305 g/mol. The molecule has 1 rings (SSSR count). The van der Waals surface area contributed by atoms with Crippen molar-refractivity contribution in [3.8, 4) is 0 Å². The first-order valence-electron chi connectivity index (χ1n) is 6.96. The molecule has 0 aliphatic carbocycles. The summed E-state index contributed by atoms with van der Waals surface area (Å²) in [6, 6.07) is -0.647. The topological polar surface area (TPSA) is 76.1 Å². The van der Waals surface area contributed by atoms with E-state index >= 15 is 0 Å². The number of carboxylic acids is 1. The van der Waals surface area contributed by atoms with E-state index in [2.05, 4.69) is 0 Å². The van der Waals surface area contributed by atoms with E-state index in [1.165, 1.54) is 18.9 Å². The molecule has 0 bridgehead atoms. The van der Waals surface area contributed by atoms with Crippen molar-refractivity contribution in [2.75, 3.05) is 13.7 Å². The summed E-state index contributed by atoms with van der Waals surface area (Å²) in [6.45, 7) is 6.53. The van der Waals surface area contributed by atoms with Gasteiger partial charge in [0.25, 0.3) is 0 Å². The Balaban J connectivity index is 2.92. The van der Waals surface area contributed by atoms with Crippen LogP contribution in [-0.2, 0) is 14.3 Å². The molecule has 21 heavy (non-hydrogen) atoms. The van der Waals surface area contributed by atoms with Gasteiger partial charge >= 0.3 is 12.1 Å². The maximum absolute atomic E-state index is 13.7. The van der Waals surface area contributed by atoms with Crippen LogP contribution in [-0.4, -0.2) is 59.6 Å². The molecule has 0 radical (unpaired) electrons. The molecule has 0 aromatic heterocycles. The third kappa shape index (κ3) is 4.56. The average molecular weight is 305 g/mol. The lowest BCUT2D eigenvalue weighted by Crippen LogP contribution is -2.49. The van der Waals surface area contributed by atoms with Crippen molar-refractivity contribution in [3.63, 3.8) is 0 Å². The Hall–Kier alpha value is -1.37. The van der Waals surface area contributed by atoms with Gasteiger partial charge in [-0.2, -0.15) is 0 Å². The summed E-state index contributed by atoms with van der Waals surface area (Å²) in [6.07, 6.45) is -2.58. The number of halogens is 1. The molecule has 122 valence electrons. The van der Waals surface area contributed by atoms with Crippen molar-refractivity contribution in [1.82, 2.24) is 4.90 Å². The lowest BCUT2D eigenvalue weighted by atomic mass is 9.96. The van der Waals surface area contributed by atoms with Gasteiger partial charge in [-0.05, 0) is 27.7 Å². The number of methoxy groups -OCH3 is 1. The molecule has 7 heteroatoms. The zero-order chi connectivity index (χ0) is 16.4. The highest BCUT2D eigenvalue weighted by molar-refractivity contribution is 5.72. The average Bonchev–Trinajstić information content (AvgIpc) is 2.70. The van der Waals surface area contributed by atoms with E-state index < -0.39 is 41.9 Å². The zero-order valence-corrected chi connectivity index (χ0v) is 13.1. The number of hydrogen-bond acceptors (Lipinski definition) is 4. The summed E-state index contributed by atoms with van der Waals surface area (Å²) in [5, 5.41) is 9.11. The van der Waals surface area contributed by atoms with Crippen molar-refractivity contribution in [2.45, 2.75) is 58.0 Å². The highest BCUT2D eigenvalue weighted by Gasteiger charge is 2.45. The molecule has 1 aliphatic rings. The van der Waals surface area contributed by atoms with Crippen molar-refractivity contribution in [1.29, 1.82) is 0 Å². The molecule has 0 spiro atoms. The Bertz CT molecular complexity index is 395. The second-order valence-corrected chi connectivity index (χ2v) is 6.36. The van der Waals surface area contributed by atoms with Gasteiger partial charge < -0.3 is 14.6 Å². The van der Waals surface area contributed by atoms with Crippen LogP contribution in [0.1, 0.15) is 34.1 Å². The zero-order valence-electron chi connectivity index (χ0n) is 13.1. The lowest BCUT2D eigenvalue weighted by molar-refractivity contribution is -0.147. The van der Waals surface area contributed by atoms with Crippen LogP contribution in [0.5, 0.6) is 0 Å². The number of nitrogens with zero attached hydrogens (tertiary/aromatic N) is 1. The van der Waals surface area contributed by atoms with Gasteiger partial charge in [0.15, 0.2) is 0 Å². The molecular formula is C14H24FNO5. The minimum Gasteiger partial charge on any atom is -0.481 e. The quantitative estimate of drug-likeness (QED) is 0.860. The minimum absolute atomic E-state index is 0.0510. The SMILES string of the molecule is CO[C@H]([C@@H](C)C(=O)O)[C@@H]1C[C@H](F)CN1C(=O)OC(C)(C)C. The molecule has 0 aromatic carbocycles. The third-order valence-corrected chi connectivity index (χ3v) is 3.45. The van der Waals surface area contributed by atoms with Gasteiger partial charge in [0.1, 0.15) is 11.8 Å². The minimum atomic E-state index is -1.21. The summed E-state index contributed by atoms with van der Waals surface area (Å²) >= 11 is 0. The molecule has 1 N–H and O–H groups in total. The van der Waals surface area contributed by atoms with Gasteiger partial charge in [-0.25, -0.2) is 9.18 Å². The van der Waals surface area contributed by atoms with Crippen molar-refractivity contribution in [2.24, 2.45) is 5.92 Å². The first-order chi connectivity index (χ1) is 9.56. The summed E-state index contributed by atoms with van der Waals surface area (Å²) < 4.78 is 24.2. The summed E-state index contributed by atoms with van der Waals surface area (Å²) in [4.78, 5) is 24.5. The molecule has 0 saturated carbocycles. The van der Waals surface area contributed by atoms with Crippen LogP contribution < -0.4 is 0 Å². The molecule has 1 saturated heterocycles. The van der Waals surface area contributed by atoms with E-state index in [0.29, 0.717) is 0 Å². The molecule has 1 amide bonds. The van der Waals surface area contributed by atoms with Crippen LogP contribution >= 0.6 is 0 Å². The van der Waals surface area contributed by atoms with E-state index in [-0.39, 0.29) is 13.0 Å². The van der Waals surface area contributed by atoms with Gasteiger partial charge in [0.05, 0.1) is 24.6 Å². The number of ether oxygens (including phenoxy) is 2. The molecule has 1 fully saturated rings. The maximum atomic E-state index is 13.7. The molecule has 6 nitrogen and oxygen atoms in total. The number of likely N-dealkylation sites (tertiary alicyclic amines) is 1. The molecule has 4 atom stereocenters. The van der Waals surface area contributed by atoms with Gasteiger partial charge in [0.2, 0.25) is 0 Å². The standard InChI is InChI=1S/C14H24FNO5/c1-8(12(17)18)11(20-5)10-6-9(15)7-16(10)13(19)21-14(2,3)4/h8-11H,6-7H2,1-5H3,(H,17,18)/t8-,9+,10+,11-/m1/s1. The highest BCUT2D eigenvalue weighted by atomic mass is 19.1. The Morgan fingerprint density at radius 3 is 2.38 bits per heavy atom. The van der Waals surface area contributed by atoms with Crippen LogP contribution in [0, 0.1) is 5.92 Å². The van der Waals surface area contributed by atoms with Gasteiger partial charge in [0, 0.05) is 13.5 Å². The van der Waals surface area contributed by atoms with E-state index in [4.69, 9.17) is 14.6 Å². The number of rotatable bonds is 4. The summed E-state index contributed by atoms with van der Waals surface area (Å²) in [7, 11) is 1.36. The van der Waals surface area contributed by atoms with Crippen molar-refractivity contribution < 1.29 is 28.6 Å². The fraction of sp³-hybridized carbons (Fsp3) is 0.857.